The summed E-state index contributed by atoms with van der Waals surface area (Å²) in [5.41, 5.74) is 0. The molecule has 0 aromatic heterocycles. The smallest absolute Gasteiger partial charge is 0.228 e. The molecule has 0 aromatic rings. The van der Waals surface area contributed by atoms with Crippen molar-refractivity contribution in [2.24, 2.45) is 5.92 Å². The van der Waals surface area contributed by atoms with Crippen LogP contribution in [0.3, 0.4) is 0 Å². The predicted molar refractivity (Wildman–Crippen MR) is 72.9 cm³/mol. The first-order valence-corrected chi connectivity index (χ1v) is 7.90. The van der Waals surface area contributed by atoms with Crippen molar-refractivity contribution in [3.8, 4) is 0 Å². The Balaban J connectivity index is 1.73. The molecule has 0 saturated carbocycles. The van der Waals surface area contributed by atoms with Crippen LogP contribution in [0.1, 0.15) is 26.2 Å². The molecule has 0 aromatic carbocycles. The van der Waals surface area contributed by atoms with Crippen molar-refractivity contribution in [2.75, 3.05) is 31.6 Å². The Morgan fingerprint density at radius 1 is 1.44 bits per heavy atom. The zero-order valence-electron chi connectivity index (χ0n) is 10.9. The molecule has 0 N–H and O–H groups in total. The number of halogens is 1. The van der Waals surface area contributed by atoms with Crippen molar-refractivity contribution in [1.29, 1.82) is 0 Å². The Bertz CT molecular complexity index is 279. The highest BCUT2D eigenvalue weighted by molar-refractivity contribution is 9.09. The molecular formula is C13H22BrNO3. The second-order valence-electron chi connectivity index (χ2n) is 5.16. The van der Waals surface area contributed by atoms with Gasteiger partial charge in [-0.05, 0) is 26.2 Å². The van der Waals surface area contributed by atoms with E-state index in [1.807, 2.05) is 11.8 Å². The van der Waals surface area contributed by atoms with Gasteiger partial charge < -0.3 is 14.4 Å². The molecule has 2 fully saturated rings. The molecule has 2 rings (SSSR count). The van der Waals surface area contributed by atoms with Gasteiger partial charge in [0.05, 0.1) is 31.3 Å². The van der Waals surface area contributed by atoms with Crippen LogP contribution in [-0.2, 0) is 14.3 Å². The lowest BCUT2D eigenvalue weighted by atomic mass is 10.0. The number of carbonyl (C=O) groups excluding carboxylic acids is 1. The minimum atomic E-state index is 0.0833. The number of amides is 1. The van der Waals surface area contributed by atoms with E-state index in [1.54, 1.807) is 0 Å². The van der Waals surface area contributed by atoms with Crippen LogP contribution in [0.15, 0.2) is 0 Å². The summed E-state index contributed by atoms with van der Waals surface area (Å²) in [4.78, 5) is 14.3. The average molecular weight is 320 g/mol. The standard InChI is InChI=1S/C13H22BrNO3/c1-10-8-11(9-18-10)13(16)15-5-2-12(3-6-15)17-7-4-14/h10-12H,2-9H2,1H3. The van der Waals surface area contributed by atoms with Gasteiger partial charge in [0.2, 0.25) is 5.91 Å². The molecule has 2 heterocycles. The van der Waals surface area contributed by atoms with E-state index in [2.05, 4.69) is 15.9 Å². The fourth-order valence-electron chi connectivity index (χ4n) is 2.70. The molecule has 0 aliphatic carbocycles. The monoisotopic (exact) mass is 319 g/mol. The fraction of sp³-hybridized carbons (Fsp3) is 0.923. The van der Waals surface area contributed by atoms with E-state index >= 15 is 0 Å². The molecule has 0 spiro atoms. The van der Waals surface area contributed by atoms with Crippen LogP contribution >= 0.6 is 15.9 Å². The first kappa shape index (κ1) is 14.3. The van der Waals surface area contributed by atoms with Crippen LogP contribution in [0, 0.1) is 5.92 Å². The van der Waals surface area contributed by atoms with Gasteiger partial charge in [0.25, 0.3) is 0 Å². The molecule has 2 saturated heterocycles. The molecule has 1 amide bonds. The molecule has 2 unspecified atom stereocenters. The SMILES string of the molecule is CC1CC(C(=O)N2CCC(OCCBr)CC2)CO1. The van der Waals surface area contributed by atoms with Gasteiger partial charge in [0.1, 0.15) is 0 Å². The van der Waals surface area contributed by atoms with Crippen molar-refractivity contribution in [3.63, 3.8) is 0 Å². The molecule has 0 radical (unpaired) electrons. The Morgan fingerprint density at radius 3 is 2.72 bits per heavy atom. The summed E-state index contributed by atoms with van der Waals surface area (Å²) in [6, 6.07) is 0. The van der Waals surface area contributed by atoms with Crippen LogP contribution in [0.2, 0.25) is 0 Å². The Kier molecular flexibility index (Phi) is 5.45. The summed E-state index contributed by atoms with van der Waals surface area (Å²) in [6.45, 7) is 5.05. The third-order valence-electron chi connectivity index (χ3n) is 3.73. The number of carbonyl (C=O) groups is 1. The highest BCUT2D eigenvalue weighted by atomic mass is 79.9. The number of piperidine rings is 1. The molecule has 2 aliphatic heterocycles. The number of nitrogens with zero attached hydrogens (tertiary/aromatic N) is 1. The van der Waals surface area contributed by atoms with E-state index in [1.165, 1.54) is 0 Å². The van der Waals surface area contributed by atoms with Gasteiger partial charge in [0.15, 0.2) is 0 Å². The second-order valence-corrected chi connectivity index (χ2v) is 5.95. The van der Waals surface area contributed by atoms with E-state index in [4.69, 9.17) is 9.47 Å². The van der Waals surface area contributed by atoms with E-state index in [0.29, 0.717) is 12.7 Å². The lowest BCUT2D eigenvalue weighted by molar-refractivity contribution is -0.138. The first-order chi connectivity index (χ1) is 8.70. The highest BCUT2D eigenvalue weighted by Crippen LogP contribution is 2.23. The van der Waals surface area contributed by atoms with Crippen molar-refractivity contribution in [2.45, 2.75) is 38.4 Å². The predicted octanol–water partition coefficient (Wildman–Crippen LogP) is 1.81. The fourth-order valence-corrected chi connectivity index (χ4v) is 2.89. The van der Waals surface area contributed by atoms with Gasteiger partial charge in [-0.15, -0.1) is 0 Å². The highest BCUT2D eigenvalue weighted by Gasteiger charge is 2.33. The Morgan fingerprint density at radius 2 is 2.17 bits per heavy atom. The third kappa shape index (κ3) is 3.68. The van der Waals surface area contributed by atoms with E-state index in [9.17, 15) is 4.79 Å². The lowest BCUT2D eigenvalue weighted by Gasteiger charge is -2.33. The lowest BCUT2D eigenvalue weighted by Crippen LogP contribution is -2.44. The van der Waals surface area contributed by atoms with Crippen LogP contribution in [0.25, 0.3) is 0 Å². The van der Waals surface area contributed by atoms with Crippen molar-refractivity contribution >= 4 is 21.8 Å². The molecule has 104 valence electrons. The van der Waals surface area contributed by atoms with E-state index in [0.717, 1.165) is 44.3 Å². The molecule has 0 bridgehead atoms. The van der Waals surface area contributed by atoms with Gasteiger partial charge in [-0.3, -0.25) is 4.79 Å². The molecule has 2 aliphatic rings. The summed E-state index contributed by atoms with van der Waals surface area (Å²) in [5, 5.41) is 0.878. The third-order valence-corrected chi connectivity index (χ3v) is 4.06. The number of alkyl halides is 1. The number of rotatable bonds is 4. The minimum Gasteiger partial charge on any atom is -0.378 e. The quantitative estimate of drug-likeness (QED) is 0.742. The Labute approximate surface area is 117 Å². The van der Waals surface area contributed by atoms with Crippen molar-refractivity contribution in [3.05, 3.63) is 0 Å². The minimum absolute atomic E-state index is 0.0833. The van der Waals surface area contributed by atoms with Gasteiger partial charge in [-0.1, -0.05) is 15.9 Å². The second kappa shape index (κ2) is 6.87. The average Bonchev–Trinajstić information content (AvgIpc) is 2.83. The van der Waals surface area contributed by atoms with Crippen LogP contribution in [0.5, 0.6) is 0 Å². The Hall–Kier alpha value is -0.130. The number of likely N-dealkylation sites (tertiary alicyclic amines) is 1. The first-order valence-electron chi connectivity index (χ1n) is 6.78. The summed E-state index contributed by atoms with van der Waals surface area (Å²) in [7, 11) is 0. The number of hydrogen-bond donors (Lipinski definition) is 0. The zero-order chi connectivity index (χ0) is 13.0. The maximum atomic E-state index is 12.3. The maximum absolute atomic E-state index is 12.3. The molecule has 18 heavy (non-hydrogen) atoms. The van der Waals surface area contributed by atoms with Crippen LogP contribution < -0.4 is 0 Å². The summed E-state index contributed by atoms with van der Waals surface area (Å²) >= 11 is 3.36. The van der Waals surface area contributed by atoms with Gasteiger partial charge in [0, 0.05) is 18.4 Å². The van der Waals surface area contributed by atoms with Crippen molar-refractivity contribution < 1.29 is 14.3 Å². The molecule has 5 heteroatoms. The van der Waals surface area contributed by atoms with Crippen molar-refractivity contribution in [1.82, 2.24) is 4.90 Å². The van der Waals surface area contributed by atoms with E-state index in [-0.39, 0.29) is 17.9 Å². The topological polar surface area (TPSA) is 38.8 Å². The van der Waals surface area contributed by atoms with Crippen LogP contribution in [0.4, 0.5) is 0 Å². The molecule has 2 atom stereocenters. The largest absolute Gasteiger partial charge is 0.378 e. The number of hydrogen-bond acceptors (Lipinski definition) is 3. The summed E-state index contributed by atoms with van der Waals surface area (Å²) < 4.78 is 11.2. The van der Waals surface area contributed by atoms with Gasteiger partial charge in [-0.2, -0.15) is 0 Å². The van der Waals surface area contributed by atoms with Gasteiger partial charge >= 0.3 is 0 Å². The maximum Gasteiger partial charge on any atom is 0.228 e. The van der Waals surface area contributed by atoms with E-state index < -0.39 is 0 Å². The zero-order valence-corrected chi connectivity index (χ0v) is 12.5. The van der Waals surface area contributed by atoms with Gasteiger partial charge in [-0.25, -0.2) is 0 Å². The van der Waals surface area contributed by atoms with Crippen LogP contribution in [-0.4, -0.2) is 54.6 Å². The summed E-state index contributed by atoms with van der Waals surface area (Å²) in [6.07, 6.45) is 3.35. The number of ether oxygens (including phenoxy) is 2. The summed E-state index contributed by atoms with van der Waals surface area (Å²) in [5.74, 6) is 0.360. The molecule has 4 nitrogen and oxygen atoms in total. The molecular weight excluding hydrogens is 298 g/mol. The normalized spacial score (nSPS) is 29.8.